The van der Waals surface area contributed by atoms with Crippen LogP contribution in [0.25, 0.3) is 0 Å². The molecule has 1 N–H and O–H groups in total. The Hall–Kier alpha value is -2.98. The first-order valence-electron chi connectivity index (χ1n) is 11.7. The molecular weight excluding hydrogens is 394 g/mol. The maximum Gasteiger partial charge on any atom is 0.119 e. The number of ether oxygens (including phenoxy) is 1. The lowest BCUT2D eigenvalue weighted by Crippen LogP contribution is -2.48. The maximum atomic E-state index is 6.00. The van der Waals surface area contributed by atoms with Gasteiger partial charge in [0.1, 0.15) is 12.4 Å². The molecule has 1 atom stereocenters. The molecular formula is C28H35N3O. The Morgan fingerprint density at radius 1 is 1.06 bits per heavy atom. The number of nitrogens with one attached hydrogen (secondary N) is 1. The van der Waals surface area contributed by atoms with E-state index in [-0.39, 0.29) is 0 Å². The Morgan fingerprint density at radius 2 is 1.88 bits per heavy atom. The summed E-state index contributed by atoms with van der Waals surface area (Å²) >= 11 is 0. The quantitative estimate of drug-likeness (QED) is 0.421. The lowest BCUT2D eigenvalue weighted by Gasteiger charge is -2.40. The molecule has 1 unspecified atom stereocenters. The predicted molar refractivity (Wildman–Crippen MR) is 133 cm³/mol. The first-order chi connectivity index (χ1) is 15.7. The van der Waals surface area contributed by atoms with Gasteiger partial charge in [0.25, 0.3) is 0 Å². The summed E-state index contributed by atoms with van der Waals surface area (Å²) in [4.78, 5) is 8.34. The highest BCUT2D eigenvalue weighted by Gasteiger charge is 2.25. The smallest absolute Gasteiger partial charge is 0.119 e. The van der Waals surface area contributed by atoms with Gasteiger partial charge in [-0.15, -0.1) is 0 Å². The number of allylic oxidation sites excluding steroid dienone is 1. The molecule has 1 aromatic heterocycles. The fourth-order valence-corrected chi connectivity index (χ4v) is 4.37. The maximum absolute atomic E-state index is 6.00. The van der Waals surface area contributed by atoms with Crippen molar-refractivity contribution in [1.29, 1.82) is 0 Å². The molecule has 0 spiro atoms. The molecule has 0 aliphatic carbocycles. The van der Waals surface area contributed by atoms with Crippen LogP contribution in [0.3, 0.4) is 0 Å². The monoisotopic (exact) mass is 429 g/mol. The Bertz CT molecular complexity index is 960. The average Bonchev–Trinajstić information content (AvgIpc) is 3.32. The van der Waals surface area contributed by atoms with Crippen LogP contribution in [0.15, 0.2) is 84.7 Å². The van der Waals surface area contributed by atoms with Crippen LogP contribution in [0.2, 0.25) is 0 Å². The van der Waals surface area contributed by atoms with Crippen LogP contribution in [-0.4, -0.2) is 35.6 Å². The second-order valence-corrected chi connectivity index (χ2v) is 8.95. The van der Waals surface area contributed by atoms with Crippen molar-refractivity contribution in [2.24, 2.45) is 0 Å². The molecule has 32 heavy (non-hydrogen) atoms. The molecule has 2 heterocycles. The lowest BCUT2D eigenvalue weighted by molar-refractivity contribution is 0.197. The fraction of sp³-hybridized carbons (Fsp3) is 0.357. The van der Waals surface area contributed by atoms with Gasteiger partial charge < -0.3 is 14.6 Å². The number of aromatic nitrogens is 1. The molecule has 168 valence electrons. The zero-order valence-electron chi connectivity index (χ0n) is 19.3. The van der Waals surface area contributed by atoms with E-state index in [4.69, 9.17) is 4.74 Å². The number of likely N-dealkylation sites (tertiary alicyclic amines) is 1. The van der Waals surface area contributed by atoms with Gasteiger partial charge in [-0.2, -0.15) is 0 Å². The highest BCUT2D eigenvalue weighted by atomic mass is 16.5. The number of aromatic amines is 1. The number of hydrogen-bond acceptors (Lipinski definition) is 3. The van der Waals surface area contributed by atoms with Gasteiger partial charge in [0.15, 0.2) is 0 Å². The van der Waals surface area contributed by atoms with E-state index in [0.29, 0.717) is 12.6 Å². The molecule has 1 aliphatic rings. The number of nitrogens with zero attached hydrogens (tertiary/aromatic N) is 2. The van der Waals surface area contributed by atoms with Crippen molar-refractivity contribution in [1.82, 2.24) is 9.88 Å². The Morgan fingerprint density at radius 3 is 2.59 bits per heavy atom. The Labute approximate surface area is 192 Å². The molecule has 1 saturated heterocycles. The second kappa shape index (κ2) is 11.1. The minimum Gasteiger partial charge on any atom is -0.489 e. The van der Waals surface area contributed by atoms with Crippen LogP contribution < -0.4 is 9.64 Å². The second-order valence-electron chi connectivity index (χ2n) is 8.95. The van der Waals surface area contributed by atoms with Crippen molar-refractivity contribution >= 4 is 5.69 Å². The number of piperidine rings is 1. The van der Waals surface area contributed by atoms with Crippen molar-refractivity contribution < 1.29 is 4.74 Å². The van der Waals surface area contributed by atoms with Gasteiger partial charge in [0.2, 0.25) is 0 Å². The van der Waals surface area contributed by atoms with Gasteiger partial charge in [-0.25, -0.2) is 0 Å². The van der Waals surface area contributed by atoms with E-state index in [1.165, 1.54) is 41.8 Å². The summed E-state index contributed by atoms with van der Waals surface area (Å²) in [7, 11) is 0. The van der Waals surface area contributed by atoms with Crippen LogP contribution >= 0.6 is 0 Å². The van der Waals surface area contributed by atoms with E-state index in [2.05, 4.69) is 83.4 Å². The number of rotatable bonds is 9. The minimum absolute atomic E-state index is 0.509. The largest absolute Gasteiger partial charge is 0.489 e. The third kappa shape index (κ3) is 6.27. The van der Waals surface area contributed by atoms with Crippen LogP contribution in [-0.2, 0) is 13.2 Å². The molecule has 0 saturated carbocycles. The van der Waals surface area contributed by atoms with Gasteiger partial charge in [-0.1, -0.05) is 42.0 Å². The average molecular weight is 430 g/mol. The zero-order chi connectivity index (χ0) is 22.2. The molecule has 4 heteroatoms. The van der Waals surface area contributed by atoms with E-state index in [0.717, 1.165) is 25.4 Å². The van der Waals surface area contributed by atoms with E-state index in [1.54, 1.807) is 0 Å². The zero-order valence-corrected chi connectivity index (χ0v) is 19.3. The number of H-pyrrole nitrogens is 1. The summed E-state index contributed by atoms with van der Waals surface area (Å²) in [6, 6.07) is 21.6. The minimum atomic E-state index is 0.509. The summed E-state index contributed by atoms with van der Waals surface area (Å²) in [5.41, 5.74) is 5.17. The third-order valence-electron chi connectivity index (χ3n) is 6.10. The summed E-state index contributed by atoms with van der Waals surface area (Å²) in [6.07, 6.45) is 8.92. The Kier molecular flexibility index (Phi) is 7.68. The van der Waals surface area contributed by atoms with Crippen LogP contribution in [0.5, 0.6) is 5.75 Å². The molecule has 2 aromatic carbocycles. The van der Waals surface area contributed by atoms with Crippen LogP contribution in [0.4, 0.5) is 5.69 Å². The first kappa shape index (κ1) is 22.2. The fourth-order valence-electron chi connectivity index (χ4n) is 4.37. The molecule has 0 bridgehead atoms. The van der Waals surface area contributed by atoms with Crippen molar-refractivity contribution in [3.63, 3.8) is 0 Å². The molecule has 1 aliphatic heterocycles. The highest BCUT2D eigenvalue weighted by Crippen LogP contribution is 2.26. The van der Waals surface area contributed by atoms with E-state index >= 15 is 0 Å². The molecule has 4 nitrogen and oxygen atoms in total. The predicted octanol–water partition coefficient (Wildman–Crippen LogP) is 6.03. The standard InChI is InChI=1S/C28H35N3O/c1-23(2)15-18-31(27-9-6-17-30(21-27)20-25-14-16-29-19-25)26-10-12-28(13-11-26)32-22-24-7-4-3-5-8-24/h3-5,7-8,10-16,19,27,29H,6,9,17-18,20-22H2,1-2H3. The summed E-state index contributed by atoms with van der Waals surface area (Å²) < 4.78 is 6.00. The van der Waals surface area contributed by atoms with Gasteiger partial charge in [-0.05, 0) is 74.7 Å². The molecule has 3 aromatic rings. The first-order valence-corrected chi connectivity index (χ1v) is 11.7. The van der Waals surface area contributed by atoms with Crippen molar-refractivity contribution in [2.75, 3.05) is 24.5 Å². The molecule has 0 amide bonds. The van der Waals surface area contributed by atoms with Gasteiger partial charge in [-0.3, -0.25) is 4.90 Å². The van der Waals surface area contributed by atoms with Crippen LogP contribution in [0, 0.1) is 0 Å². The summed E-state index contributed by atoms with van der Waals surface area (Å²) in [5, 5.41) is 0. The summed E-state index contributed by atoms with van der Waals surface area (Å²) in [6.45, 7) is 9.17. The van der Waals surface area contributed by atoms with E-state index in [9.17, 15) is 0 Å². The SMILES string of the molecule is CC(C)=CCN(c1ccc(OCc2ccccc2)cc1)C1CCCN(Cc2cc[nH]c2)C1. The lowest BCUT2D eigenvalue weighted by atomic mass is 10.0. The topological polar surface area (TPSA) is 31.5 Å². The van der Waals surface area contributed by atoms with E-state index < -0.39 is 0 Å². The normalized spacial score (nSPS) is 16.5. The number of benzene rings is 2. The van der Waals surface area contributed by atoms with Gasteiger partial charge >= 0.3 is 0 Å². The van der Waals surface area contributed by atoms with E-state index in [1.807, 2.05) is 24.4 Å². The number of hydrogen-bond donors (Lipinski definition) is 1. The van der Waals surface area contributed by atoms with Crippen LogP contribution in [0.1, 0.15) is 37.8 Å². The van der Waals surface area contributed by atoms with Crippen molar-refractivity contribution in [3.8, 4) is 5.75 Å². The van der Waals surface area contributed by atoms with Crippen molar-refractivity contribution in [2.45, 2.75) is 45.9 Å². The molecule has 0 radical (unpaired) electrons. The molecule has 1 fully saturated rings. The highest BCUT2D eigenvalue weighted by molar-refractivity contribution is 5.51. The Balaban J connectivity index is 1.44. The van der Waals surface area contributed by atoms with Crippen molar-refractivity contribution in [3.05, 3.63) is 95.8 Å². The molecule has 4 rings (SSSR count). The van der Waals surface area contributed by atoms with Gasteiger partial charge in [0.05, 0.1) is 0 Å². The number of anilines is 1. The van der Waals surface area contributed by atoms with Gasteiger partial charge in [0, 0.05) is 43.8 Å². The third-order valence-corrected chi connectivity index (χ3v) is 6.10. The summed E-state index contributed by atoms with van der Waals surface area (Å²) in [5.74, 6) is 0.914.